The molecule has 1 spiro atoms. The van der Waals surface area contributed by atoms with Gasteiger partial charge in [0.15, 0.2) is 11.5 Å². The van der Waals surface area contributed by atoms with Gasteiger partial charge in [-0.25, -0.2) is 0 Å². The molecule has 0 unspecified atom stereocenters. The number of carbonyl (C=O) groups is 2. The van der Waals surface area contributed by atoms with Crippen molar-refractivity contribution in [3.05, 3.63) is 53.6 Å². The summed E-state index contributed by atoms with van der Waals surface area (Å²) in [5, 5.41) is 0. The van der Waals surface area contributed by atoms with E-state index in [-0.39, 0.29) is 11.8 Å². The van der Waals surface area contributed by atoms with Crippen molar-refractivity contribution in [1.29, 1.82) is 0 Å². The van der Waals surface area contributed by atoms with Crippen molar-refractivity contribution in [3.8, 4) is 11.5 Å². The lowest BCUT2D eigenvalue weighted by molar-refractivity contribution is -0.135. The van der Waals surface area contributed by atoms with Gasteiger partial charge in [0, 0.05) is 25.8 Å². The number of likely N-dealkylation sites (tertiary alicyclic amines) is 1. The van der Waals surface area contributed by atoms with E-state index in [2.05, 4.69) is 6.07 Å². The molecule has 6 nitrogen and oxygen atoms in total. The van der Waals surface area contributed by atoms with Gasteiger partial charge in [-0.2, -0.15) is 0 Å². The van der Waals surface area contributed by atoms with Crippen LogP contribution in [-0.2, 0) is 21.4 Å². The first-order valence-corrected chi connectivity index (χ1v) is 11.0. The van der Waals surface area contributed by atoms with E-state index in [0.717, 1.165) is 16.8 Å². The Kier molecular flexibility index (Phi) is 5.90. The second-order valence-corrected chi connectivity index (χ2v) is 8.17. The number of hydrogen-bond donors (Lipinski definition) is 0. The third-order valence-corrected chi connectivity index (χ3v) is 6.43. The molecule has 2 amide bonds. The van der Waals surface area contributed by atoms with E-state index in [9.17, 15) is 9.59 Å². The Bertz CT molecular complexity index is 979. The van der Waals surface area contributed by atoms with Gasteiger partial charge >= 0.3 is 0 Å². The largest absolute Gasteiger partial charge is 0.490 e. The number of anilines is 1. The second kappa shape index (κ2) is 8.61. The minimum absolute atomic E-state index is 0.0774. The molecule has 2 aliphatic heterocycles. The van der Waals surface area contributed by atoms with Crippen LogP contribution in [0.25, 0.3) is 0 Å². The van der Waals surface area contributed by atoms with Crippen LogP contribution in [0.15, 0.2) is 42.5 Å². The van der Waals surface area contributed by atoms with Gasteiger partial charge in [0.25, 0.3) is 0 Å². The van der Waals surface area contributed by atoms with Crippen LogP contribution in [0.4, 0.5) is 5.69 Å². The second-order valence-electron chi connectivity index (χ2n) is 8.17. The number of amides is 2. The van der Waals surface area contributed by atoms with Crippen molar-refractivity contribution in [2.75, 3.05) is 38.3 Å². The molecule has 1 saturated heterocycles. The summed E-state index contributed by atoms with van der Waals surface area (Å²) >= 11 is 0. The van der Waals surface area contributed by atoms with Crippen molar-refractivity contribution in [2.45, 2.75) is 38.5 Å². The van der Waals surface area contributed by atoms with Crippen LogP contribution in [0.2, 0.25) is 0 Å². The van der Waals surface area contributed by atoms with Crippen LogP contribution in [-0.4, -0.2) is 50.1 Å². The molecule has 4 rings (SSSR count). The summed E-state index contributed by atoms with van der Waals surface area (Å²) in [6.45, 7) is 6.13. The fourth-order valence-corrected chi connectivity index (χ4v) is 4.83. The molecule has 0 aromatic heterocycles. The molecule has 164 valence electrons. The van der Waals surface area contributed by atoms with E-state index in [1.807, 2.05) is 62.2 Å². The zero-order chi connectivity index (χ0) is 22.0. The maximum Gasteiger partial charge on any atom is 0.237 e. The van der Waals surface area contributed by atoms with E-state index >= 15 is 0 Å². The first-order valence-electron chi connectivity index (χ1n) is 11.0. The van der Waals surface area contributed by atoms with Gasteiger partial charge in [-0.15, -0.1) is 0 Å². The maximum atomic E-state index is 13.1. The first-order chi connectivity index (χ1) is 15.0. The van der Waals surface area contributed by atoms with Crippen molar-refractivity contribution in [3.63, 3.8) is 0 Å². The Morgan fingerprint density at radius 3 is 2.39 bits per heavy atom. The van der Waals surface area contributed by atoms with Gasteiger partial charge in [0.2, 0.25) is 11.8 Å². The molecule has 0 saturated carbocycles. The molecule has 6 heteroatoms. The van der Waals surface area contributed by atoms with Crippen molar-refractivity contribution in [1.82, 2.24) is 4.90 Å². The van der Waals surface area contributed by atoms with E-state index in [4.69, 9.17) is 9.47 Å². The fraction of sp³-hybridized carbons (Fsp3) is 0.440. The van der Waals surface area contributed by atoms with Crippen LogP contribution in [0.3, 0.4) is 0 Å². The van der Waals surface area contributed by atoms with Gasteiger partial charge in [-0.1, -0.05) is 24.3 Å². The Morgan fingerprint density at radius 1 is 1.00 bits per heavy atom. The number of hydrogen-bond acceptors (Lipinski definition) is 4. The molecule has 2 aliphatic rings. The summed E-state index contributed by atoms with van der Waals surface area (Å²) in [4.78, 5) is 29.7. The lowest BCUT2D eigenvalue weighted by Gasteiger charge is -2.38. The predicted molar refractivity (Wildman–Crippen MR) is 120 cm³/mol. The van der Waals surface area contributed by atoms with Crippen molar-refractivity contribution >= 4 is 17.5 Å². The van der Waals surface area contributed by atoms with Crippen LogP contribution in [0.1, 0.15) is 37.8 Å². The highest BCUT2D eigenvalue weighted by atomic mass is 16.5. The monoisotopic (exact) mass is 422 g/mol. The summed E-state index contributed by atoms with van der Waals surface area (Å²) in [6.07, 6.45) is 1.63. The number of para-hydroxylation sites is 1. The number of carbonyl (C=O) groups excluding carboxylic acids is 2. The average Bonchev–Trinajstić information content (AvgIpc) is 2.99. The molecule has 2 aromatic rings. The van der Waals surface area contributed by atoms with E-state index in [1.54, 1.807) is 4.90 Å². The number of fused-ring (bicyclic) bond motifs is 2. The smallest absolute Gasteiger partial charge is 0.237 e. The number of nitrogens with zero attached hydrogens (tertiary/aromatic N) is 2. The number of benzene rings is 2. The lowest BCUT2D eigenvalue weighted by atomic mass is 9.73. The Balaban J connectivity index is 1.45. The molecular weight excluding hydrogens is 392 g/mol. The predicted octanol–water partition coefficient (Wildman–Crippen LogP) is 3.56. The quantitative estimate of drug-likeness (QED) is 0.714. The summed E-state index contributed by atoms with van der Waals surface area (Å²) in [5.41, 5.74) is 2.50. The van der Waals surface area contributed by atoms with Gasteiger partial charge in [-0.3, -0.25) is 9.59 Å². The number of ether oxygens (including phenoxy) is 2. The van der Waals surface area contributed by atoms with E-state index in [1.165, 1.54) is 0 Å². The van der Waals surface area contributed by atoms with Crippen molar-refractivity contribution < 1.29 is 19.1 Å². The first kappa shape index (κ1) is 21.2. The highest BCUT2D eigenvalue weighted by Crippen LogP contribution is 2.47. The molecule has 31 heavy (non-hydrogen) atoms. The summed E-state index contributed by atoms with van der Waals surface area (Å²) < 4.78 is 11.3. The highest BCUT2D eigenvalue weighted by Gasteiger charge is 2.51. The summed E-state index contributed by atoms with van der Waals surface area (Å²) in [5.74, 6) is 1.59. The minimum atomic E-state index is -0.497. The Labute approximate surface area is 183 Å². The zero-order valence-corrected chi connectivity index (χ0v) is 18.5. The molecule has 0 aliphatic carbocycles. The van der Waals surface area contributed by atoms with Crippen molar-refractivity contribution in [2.24, 2.45) is 0 Å². The molecule has 0 N–H and O–H groups in total. The standard InChI is InChI=1S/C25H30N2O4/c1-4-30-21-11-10-18(16-22(21)31-5-2)17-23(28)27-14-12-25(13-15-27)19-8-6-7-9-20(19)26(3)24(25)29/h6-11,16H,4-5,12-15,17H2,1-3H3. The molecule has 0 radical (unpaired) electrons. The van der Waals surface area contributed by atoms with Gasteiger partial charge in [0.1, 0.15) is 0 Å². The van der Waals surface area contributed by atoms with Crippen LogP contribution < -0.4 is 14.4 Å². The topological polar surface area (TPSA) is 59.1 Å². The molecule has 1 fully saturated rings. The molecule has 2 heterocycles. The number of likely N-dealkylation sites (N-methyl/N-ethyl adjacent to an activating group) is 1. The third-order valence-electron chi connectivity index (χ3n) is 6.43. The fourth-order valence-electron chi connectivity index (χ4n) is 4.83. The normalized spacial score (nSPS) is 17.1. The van der Waals surface area contributed by atoms with Gasteiger partial charge in [0.05, 0.1) is 25.0 Å². The lowest BCUT2D eigenvalue weighted by Crippen LogP contribution is -2.49. The average molecular weight is 423 g/mol. The van der Waals surface area contributed by atoms with Crippen LogP contribution in [0.5, 0.6) is 11.5 Å². The minimum Gasteiger partial charge on any atom is -0.490 e. The molecule has 0 bridgehead atoms. The molecular formula is C25H30N2O4. The summed E-state index contributed by atoms with van der Waals surface area (Å²) in [7, 11) is 1.84. The Morgan fingerprint density at radius 2 is 1.68 bits per heavy atom. The zero-order valence-electron chi connectivity index (χ0n) is 18.5. The van der Waals surface area contributed by atoms with E-state index < -0.39 is 5.41 Å². The molecule has 0 atom stereocenters. The van der Waals surface area contributed by atoms with Gasteiger partial charge < -0.3 is 19.3 Å². The maximum absolute atomic E-state index is 13.1. The van der Waals surface area contributed by atoms with E-state index in [0.29, 0.717) is 57.1 Å². The van der Waals surface area contributed by atoms with Gasteiger partial charge in [-0.05, 0) is 56.0 Å². The SMILES string of the molecule is CCOc1ccc(CC(=O)N2CCC3(CC2)C(=O)N(C)c2ccccc23)cc1OCC. The number of rotatable bonds is 6. The van der Waals surface area contributed by atoms with Crippen LogP contribution >= 0.6 is 0 Å². The third kappa shape index (κ3) is 3.75. The molecule has 2 aromatic carbocycles. The summed E-state index contributed by atoms with van der Waals surface area (Å²) in [6, 6.07) is 13.7. The van der Waals surface area contributed by atoms with Crippen LogP contribution in [0, 0.1) is 0 Å². The highest BCUT2D eigenvalue weighted by molar-refractivity contribution is 6.08. The number of piperidine rings is 1. The Hall–Kier alpha value is -3.02.